The maximum atomic E-state index is 13.1. The van der Waals surface area contributed by atoms with Crippen LogP contribution < -0.4 is 4.74 Å². The number of aromatic hydroxyl groups is 1. The van der Waals surface area contributed by atoms with Gasteiger partial charge in [0, 0.05) is 28.0 Å². The summed E-state index contributed by atoms with van der Waals surface area (Å²) in [6, 6.07) is 11.6. The lowest BCUT2D eigenvalue weighted by molar-refractivity contribution is 0.0977. The number of ether oxygens (including phenoxy) is 1. The number of benzene rings is 3. The number of hydrogen-bond acceptors (Lipinski definition) is 4. The van der Waals surface area contributed by atoms with E-state index in [-0.39, 0.29) is 45.4 Å². The van der Waals surface area contributed by atoms with E-state index >= 15 is 0 Å². The fraction of sp³-hybridized carbons (Fsp3) is 0.100. The number of ketones is 2. The molecule has 1 aliphatic rings. The van der Waals surface area contributed by atoms with Crippen LogP contribution >= 0.6 is 11.6 Å². The molecule has 0 amide bonds. The third-order valence-corrected chi connectivity index (χ3v) is 4.81. The Bertz CT molecular complexity index is 1070. The van der Waals surface area contributed by atoms with Gasteiger partial charge in [-0.1, -0.05) is 18.2 Å². The second-order valence-corrected chi connectivity index (χ2v) is 6.14. The van der Waals surface area contributed by atoms with E-state index in [0.717, 1.165) is 5.56 Å². The van der Waals surface area contributed by atoms with Crippen molar-refractivity contribution in [3.63, 3.8) is 0 Å². The smallest absolute Gasteiger partial charge is 0.198 e. The molecule has 0 fully saturated rings. The minimum absolute atomic E-state index is 0.0579. The number of carbonyl (C=O) groups is 2. The predicted octanol–water partition coefficient (Wildman–Crippen LogP) is 4.07. The highest BCUT2D eigenvalue weighted by molar-refractivity contribution is 6.33. The van der Waals surface area contributed by atoms with E-state index in [2.05, 4.69) is 0 Å². The van der Waals surface area contributed by atoms with Gasteiger partial charge in [-0.05, 0) is 35.2 Å². The van der Waals surface area contributed by atoms with Crippen LogP contribution in [0.25, 0.3) is 10.8 Å². The summed E-state index contributed by atoms with van der Waals surface area (Å²) >= 11 is 5.85. The van der Waals surface area contributed by atoms with Crippen molar-refractivity contribution in [1.29, 1.82) is 0 Å². The zero-order chi connectivity index (χ0) is 17.7. The molecule has 0 atom stereocenters. The van der Waals surface area contributed by atoms with Crippen LogP contribution in [0, 0.1) is 0 Å². The fourth-order valence-electron chi connectivity index (χ4n) is 3.40. The SMILES string of the molecule is COc1cccc2c1C(=O)c1ccc3cc(CCl)cc(O)c3c1C2=O. The number of fused-ring (bicyclic) bond motifs is 4. The van der Waals surface area contributed by atoms with Gasteiger partial charge in [0.2, 0.25) is 0 Å². The zero-order valence-corrected chi connectivity index (χ0v) is 14.1. The number of halogens is 1. The van der Waals surface area contributed by atoms with Crippen LogP contribution in [0.4, 0.5) is 0 Å². The Hall–Kier alpha value is -2.85. The number of phenolic OH excluding ortho intramolecular Hbond substituents is 1. The van der Waals surface area contributed by atoms with Gasteiger partial charge in [-0.3, -0.25) is 9.59 Å². The van der Waals surface area contributed by atoms with Gasteiger partial charge in [-0.15, -0.1) is 11.6 Å². The van der Waals surface area contributed by atoms with Crippen molar-refractivity contribution in [1.82, 2.24) is 0 Å². The molecule has 124 valence electrons. The van der Waals surface area contributed by atoms with Gasteiger partial charge in [0.1, 0.15) is 11.5 Å². The molecule has 4 rings (SSSR count). The van der Waals surface area contributed by atoms with Gasteiger partial charge in [0.25, 0.3) is 0 Å². The highest BCUT2D eigenvalue weighted by atomic mass is 35.5. The summed E-state index contributed by atoms with van der Waals surface area (Å²) in [5, 5.41) is 11.5. The molecule has 3 aromatic rings. The molecule has 0 unspecified atom stereocenters. The number of rotatable bonds is 2. The Morgan fingerprint density at radius 2 is 1.72 bits per heavy atom. The van der Waals surface area contributed by atoms with Gasteiger partial charge in [-0.2, -0.15) is 0 Å². The highest BCUT2D eigenvalue weighted by Gasteiger charge is 2.34. The first-order valence-corrected chi connectivity index (χ1v) is 8.21. The summed E-state index contributed by atoms with van der Waals surface area (Å²) in [7, 11) is 1.46. The fourth-order valence-corrected chi connectivity index (χ4v) is 3.55. The topological polar surface area (TPSA) is 63.6 Å². The van der Waals surface area contributed by atoms with E-state index in [1.54, 1.807) is 36.4 Å². The number of methoxy groups -OCH3 is 1. The Morgan fingerprint density at radius 3 is 2.44 bits per heavy atom. The van der Waals surface area contributed by atoms with E-state index in [0.29, 0.717) is 16.5 Å². The summed E-state index contributed by atoms with van der Waals surface area (Å²) < 4.78 is 5.25. The van der Waals surface area contributed by atoms with Crippen LogP contribution in [0.3, 0.4) is 0 Å². The molecule has 1 aliphatic carbocycles. The van der Waals surface area contributed by atoms with Crippen molar-refractivity contribution >= 4 is 33.9 Å². The van der Waals surface area contributed by atoms with Crippen molar-refractivity contribution in [2.45, 2.75) is 5.88 Å². The molecule has 0 bridgehead atoms. The lowest BCUT2D eigenvalue weighted by Crippen LogP contribution is -2.22. The summed E-state index contributed by atoms with van der Waals surface area (Å²) in [5.41, 5.74) is 1.78. The van der Waals surface area contributed by atoms with Crippen molar-refractivity contribution in [3.8, 4) is 11.5 Å². The third kappa shape index (κ3) is 2.14. The monoisotopic (exact) mass is 352 g/mol. The quantitative estimate of drug-likeness (QED) is 0.552. The number of carbonyl (C=O) groups excluding carboxylic acids is 2. The van der Waals surface area contributed by atoms with E-state index in [9.17, 15) is 14.7 Å². The summed E-state index contributed by atoms with van der Waals surface area (Å²) in [6.07, 6.45) is 0. The molecule has 3 aromatic carbocycles. The highest BCUT2D eigenvalue weighted by Crippen LogP contribution is 2.39. The Labute approximate surface area is 148 Å². The van der Waals surface area contributed by atoms with Crippen LogP contribution in [-0.4, -0.2) is 23.8 Å². The second kappa shape index (κ2) is 5.60. The van der Waals surface area contributed by atoms with E-state index in [1.807, 2.05) is 0 Å². The molecule has 0 spiro atoms. The molecular weight excluding hydrogens is 340 g/mol. The number of alkyl halides is 1. The average molecular weight is 353 g/mol. The summed E-state index contributed by atoms with van der Waals surface area (Å²) in [4.78, 5) is 26.1. The lowest BCUT2D eigenvalue weighted by atomic mass is 9.81. The van der Waals surface area contributed by atoms with Gasteiger partial charge in [-0.25, -0.2) is 0 Å². The molecule has 25 heavy (non-hydrogen) atoms. The van der Waals surface area contributed by atoms with E-state index in [4.69, 9.17) is 16.3 Å². The number of hydrogen-bond donors (Lipinski definition) is 1. The van der Waals surface area contributed by atoms with Gasteiger partial charge in [0.15, 0.2) is 11.6 Å². The average Bonchev–Trinajstić information content (AvgIpc) is 2.64. The van der Waals surface area contributed by atoms with Crippen LogP contribution in [0.1, 0.15) is 37.4 Å². The van der Waals surface area contributed by atoms with E-state index < -0.39 is 0 Å². The van der Waals surface area contributed by atoms with Crippen molar-refractivity contribution in [2.75, 3.05) is 7.11 Å². The van der Waals surface area contributed by atoms with Crippen LogP contribution in [0.15, 0.2) is 42.5 Å². The largest absolute Gasteiger partial charge is 0.507 e. The molecule has 0 aromatic heterocycles. The molecule has 5 heteroatoms. The van der Waals surface area contributed by atoms with Crippen LogP contribution in [-0.2, 0) is 5.88 Å². The molecule has 0 aliphatic heterocycles. The number of phenols is 1. The Morgan fingerprint density at radius 1 is 1.00 bits per heavy atom. The molecule has 1 N–H and O–H groups in total. The summed E-state index contributed by atoms with van der Waals surface area (Å²) in [5.74, 6) is -0.0402. The van der Waals surface area contributed by atoms with Crippen molar-refractivity contribution in [2.24, 2.45) is 0 Å². The Balaban J connectivity index is 2.08. The molecular formula is C20H13ClO4. The second-order valence-electron chi connectivity index (χ2n) is 5.88. The predicted molar refractivity (Wildman–Crippen MR) is 95.0 cm³/mol. The van der Waals surface area contributed by atoms with Crippen molar-refractivity contribution in [3.05, 3.63) is 70.3 Å². The summed E-state index contributed by atoms with van der Waals surface area (Å²) in [6.45, 7) is 0. The third-order valence-electron chi connectivity index (χ3n) is 4.50. The minimum Gasteiger partial charge on any atom is -0.507 e. The van der Waals surface area contributed by atoms with E-state index in [1.165, 1.54) is 13.2 Å². The van der Waals surface area contributed by atoms with Gasteiger partial charge in [0.05, 0.1) is 12.7 Å². The molecule has 0 radical (unpaired) electrons. The van der Waals surface area contributed by atoms with Gasteiger partial charge < -0.3 is 9.84 Å². The van der Waals surface area contributed by atoms with Crippen LogP contribution in [0.5, 0.6) is 11.5 Å². The first-order valence-electron chi connectivity index (χ1n) is 7.67. The van der Waals surface area contributed by atoms with Crippen LogP contribution in [0.2, 0.25) is 0 Å². The normalized spacial score (nSPS) is 12.9. The molecule has 0 heterocycles. The minimum atomic E-state index is -0.303. The molecule has 0 saturated heterocycles. The van der Waals surface area contributed by atoms with Gasteiger partial charge >= 0.3 is 0 Å². The first kappa shape index (κ1) is 15.7. The first-order chi connectivity index (χ1) is 12.1. The molecule has 4 nitrogen and oxygen atoms in total. The lowest BCUT2D eigenvalue weighted by Gasteiger charge is -2.21. The Kier molecular flexibility index (Phi) is 3.51. The zero-order valence-electron chi connectivity index (χ0n) is 13.3. The maximum Gasteiger partial charge on any atom is 0.198 e. The molecule has 0 saturated carbocycles. The van der Waals surface area contributed by atoms with Crippen molar-refractivity contribution < 1.29 is 19.4 Å². The maximum absolute atomic E-state index is 13.1. The standard InChI is InChI=1S/C20H13ClO4/c1-25-15-4-2-3-12-17(15)19(23)13-6-5-11-7-10(9-21)8-14(22)16(11)18(13)20(12)24/h2-8,22H,9H2,1H3.